The van der Waals surface area contributed by atoms with Gasteiger partial charge in [0.25, 0.3) is 0 Å². The predicted molar refractivity (Wildman–Crippen MR) is 163 cm³/mol. The minimum absolute atomic E-state index is 0.0155. The lowest BCUT2D eigenvalue weighted by Gasteiger charge is -2.20. The topological polar surface area (TPSA) is 53.2 Å². The molecule has 41 heavy (non-hydrogen) atoms. The van der Waals surface area contributed by atoms with E-state index in [1.807, 2.05) is 55.7 Å². The highest BCUT2D eigenvalue weighted by atomic mass is 16.5. The van der Waals surface area contributed by atoms with Gasteiger partial charge in [-0.3, -0.25) is 8.97 Å². The molecule has 7 heteroatoms. The van der Waals surface area contributed by atoms with Crippen molar-refractivity contribution >= 4 is 27.5 Å². The molecule has 0 spiro atoms. The second-order valence-corrected chi connectivity index (χ2v) is 11.8. The van der Waals surface area contributed by atoms with Gasteiger partial charge < -0.3 is 4.74 Å². The lowest BCUT2D eigenvalue weighted by Crippen LogP contribution is -2.23. The molecule has 0 aliphatic carbocycles. The number of hydrogen-bond acceptors (Lipinski definition) is 3. The van der Waals surface area contributed by atoms with Crippen molar-refractivity contribution < 1.29 is 9.30 Å². The van der Waals surface area contributed by atoms with Gasteiger partial charge in [0.1, 0.15) is 29.7 Å². The second-order valence-electron chi connectivity index (χ2n) is 11.8. The van der Waals surface area contributed by atoms with Gasteiger partial charge in [0.2, 0.25) is 6.33 Å². The molecular weight excluding hydrogens is 508 g/mol. The van der Waals surface area contributed by atoms with Crippen molar-refractivity contribution in [3.8, 4) is 23.0 Å². The summed E-state index contributed by atoms with van der Waals surface area (Å²) in [6.45, 7) is 10.8. The maximum Gasteiger partial charge on any atom is 0.248 e. The molecule has 7 aromatic rings. The summed E-state index contributed by atoms with van der Waals surface area (Å²) in [7, 11) is 2.01. The van der Waals surface area contributed by atoms with Gasteiger partial charge in [-0.25, -0.2) is 14.5 Å². The Kier molecular flexibility index (Phi) is 5.54. The predicted octanol–water partition coefficient (Wildman–Crippen LogP) is 7.15. The van der Waals surface area contributed by atoms with Crippen molar-refractivity contribution in [2.24, 2.45) is 7.05 Å². The Hall–Kier alpha value is -4.91. The number of hydrogen-bond donors (Lipinski definition) is 0. The van der Waals surface area contributed by atoms with E-state index in [1.54, 1.807) is 0 Å². The zero-order valence-corrected chi connectivity index (χ0v) is 24.3. The maximum atomic E-state index is 6.59. The second kappa shape index (κ2) is 9.06. The van der Waals surface area contributed by atoms with Crippen molar-refractivity contribution in [2.75, 3.05) is 0 Å². The third-order valence-corrected chi connectivity index (χ3v) is 7.92. The molecule has 0 radical (unpaired) electrons. The minimum Gasteiger partial charge on any atom is -0.456 e. The smallest absolute Gasteiger partial charge is 0.248 e. The quantitative estimate of drug-likeness (QED) is 0.222. The summed E-state index contributed by atoms with van der Waals surface area (Å²) >= 11 is 0. The molecule has 5 heterocycles. The lowest BCUT2D eigenvalue weighted by atomic mass is 9.88. The fourth-order valence-corrected chi connectivity index (χ4v) is 5.57. The Morgan fingerprint density at radius 2 is 1.68 bits per heavy atom. The molecule has 204 valence electrons. The summed E-state index contributed by atoms with van der Waals surface area (Å²) in [5.41, 5.74) is 7.36. The number of aryl methyl sites for hydroxylation is 3. The fourth-order valence-electron chi connectivity index (χ4n) is 5.57. The van der Waals surface area contributed by atoms with Gasteiger partial charge >= 0.3 is 0 Å². The number of ether oxygens (including phenoxy) is 1. The fraction of sp³-hybridized carbons (Fsp3) is 0.206. The van der Waals surface area contributed by atoms with Gasteiger partial charge in [-0.1, -0.05) is 39.0 Å². The molecular formula is C34H33N6O+. The first-order valence-electron chi connectivity index (χ1n) is 13.9. The molecule has 0 aliphatic heterocycles. The summed E-state index contributed by atoms with van der Waals surface area (Å²) in [5.74, 6) is 2.39. The number of aromatic nitrogens is 6. The molecule has 0 atom stereocenters. The first-order valence-corrected chi connectivity index (χ1v) is 13.9. The maximum absolute atomic E-state index is 6.59. The zero-order valence-electron chi connectivity index (χ0n) is 24.3. The van der Waals surface area contributed by atoms with Crippen molar-refractivity contribution in [3.05, 3.63) is 109 Å². The Morgan fingerprint density at radius 1 is 0.878 bits per heavy atom. The summed E-state index contributed by atoms with van der Waals surface area (Å²) < 4.78 is 15.0. The number of para-hydroxylation sites is 1. The molecule has 0 N–H and O–H groups in total. The molecule has 7 rings (SSSR count). The number of imidazole rings is 2. The highest BCUT2D eigenvalue weighted by Crippen LogP contribution is 2.36. The molecule has 0 amide bonds. The number of rotatable bonds is 4. The standard InChI is InChI=1S/C34H33N6O/c1-22-23(2)39-20-26(19-31(33(39)36-22)38-16-15-37(6)21-38)41-25-11-12-28-27-9-7-8-10-29(27)40(30(28)18-25)32-17-24(13-14-35-32)34(3,4)5/h7-21H,1-6H3/q+1. The van der Waals surface area contributed by atoms with Gasteiger partial charge in [0.15, 0.2) is 11.3 Å². The van der Waals surface area contributed by atoms with Crippen LogP contribution >= 0.6 is 0 Å². The van der Waals surface area contributed by atoms with Gasteiger partial charge in [0.05, 0.1) is 30.0 Å². The van der Waals surface area contributed by atoms with Crippen LogP contribution < -0.4 is 9.30 Å². The van der Waals surface area contributed by atoms with Crippen LogP contribution in [-0.2, 0) is 12.5 Å². The average Bonchev–Trinajstić information content (AvgIpc) is 3.61. The molecule has 0 aliphatic rings. The van der Waals surface area contributed by atoms with E-state index in [2.05, 4.69) is 95.8 Å². The number of nitrogens with zero attached hydrogens (tertiary/aromatic N) is 6. The largest absolute Gasteiger partial charge is 0.456 e. The van der Waals surface area contributed by atoms with E-state index in [9.17, 15) is 0 Å². The van der Waals surface area contributed by atoms with Crippen LogP contribution in [0.25, 0.3) is 39.0 Å². The SMILES string of the molecule is Cc1nc2c(-n3cc[n+](C)c3)cc(Oc3ccc4c5ccccc5n(-c5cc(C(C)(C)C)ccn5)c4c3)cn2c1C. The van der Waals surface area contributed by atoms with E-state index in [0.29, 0.717) is 0 Å². The van der Waals surface area contributed by atoms with Gasteiger partial charge in [-0.15, -0.1) is 0 Å². The Labute approximate surface area is 238 Å². The first kappa shape index (κ1) is 25.1. The van der Waals surface area contributed by atoms with Gasteiger partial charge in [0, 0.05) is 34.8 Å². The highest BCUT2D eigenvalue weighted by molar-refractivity contribution is 6.09. The van der Waals surface area contributed by atoms with Crippen LogP contribution in [0.3, 0.4) is 0 Å². The summed E-state index contributed by atoms with van der Waals surface area (Å²) in [4.78, 5) is 9.66. The van der Waals surface area contributed by atoms with Crippen LogP contribution in [0.5, 0.6) is 11.5 Å². The van der Waals surface area contributed by atoms with Crippen LogP contribution in [0.2, 0.25) is 0 Å². The summed E-state index contributed by atoms with van der Waals surface area (Å²) in [6.07, 6.45) is 10.0. The molecule has 0 fully saturated rings. The monoisotopic (exact) mass is 541 g/mol. The van der Waals surface area contributed by atoms with Crippen molar-refractivity contribution in [1.82, 2.24) is 23.5 Å². The van der Waals surface area contributed by atoms with Crippen molar-refractivity contribution in [2.45, 2.75) is 40.0 Å². The normalized spacial score (nSPS) is 12.1. The van der Waals surface area contributed by atoms with E-state index in [0.717, 1.165) is 56.5 Å². The average molecular weight is 542 g/mol. The zero-order chi connectivity index (χ0) is 28.5. The number of benzene rings is 2. The highest BCUT2D eigenvalue weighted by Gasteiger charge is 2.20. The molecule has 2 aromatic carbocycles. The molecule has 0 saturated carbocycles. The first-order chi connectivity index (χ1) is 19.7. The molecule has 0 unspecified atom stereocenters. The molecule has 5 aromatic heterocycles. The Balaban J connectivity index is 1.40. The van der Waals surface area contributed by atoms with E-state index < -0.39 is 0 Å². The van der Waals surface area contributed by atoms with E-state index in [4.69, 9.17) is 14.7 Å². The Bertz CT molecular complexity index is 2100. The van der Waals surface area contributed by atoms with Crippen molar-refractivity contribution in [1.29, 1.82) is 0 Å². The van der Waals surface area contributed by atoms with Crippen LogP contribution in [0.1, 0.15) is 37.7 Å². The summed E-state index contributed by atoms with van der Waals surface area (Å²) in [6, 6.07) is 21.1. The van der Waals surface area contributed by atoms with E-state index >= 15 is 0 Å². The Morgan fingerprint density at radius 3 is 2.46 bits per heavy atom. The van der Waals surface area contributed by atoms with Gasteiger partial charge in [-0.05, 0) is 55.2 Å². The van der Waals surface area contributed by atoms with E-state index in [-0.39, 0.29) is 5.41 Å². The molecule has 7 nitrogen and oxygen atoms in total. The van der Waals surface area contributed by atoms with Gasteiger partial charge in [-0.2, -0.15) is 4.57 Å². The molecule has 0 saturated heterocycles. The molecule has 0 bridgehead atoms. The number of fused-ring (bicyclic) bond motifs is 4. The third-order valence-electron chi connectivity index (χ3n) is 7.92. The summed E-state index contributed by atoms with van der Waals surface area (Å²) in [5, 5.41) is 2.35. The minimum atomic E-state index is 0.0155. The van der Waals surface area contributed by atoms with Crippen LogP contribution in [-0.4, -0.2) is 23.5 Å². The van der Waals surface area contributed by atoms with E-state index in [1.165, 1.54) is 10.9 Å². The van der Waals surface area contributed by atoms with Crippen LogP contribution in [0, 0.1) is 13.8 Å². The third kappa shape index (κ3) is 4.16. The van der Waals surface area contributed by atoms with Crippen molar-refractivity contribution in [3.63, 3.8) is 0 Å². The van der Waals surface area contributed by atoms with Crippen LogP contribution in [0.4, 0.5) is 0 Å². The number of pyridine rings is 2. The lowest BCUT2D eigenvalue weighted by molar-refractivity contribution is -0.670. The van der Waals surface area contributed by atoms with Crippen LogP contribution in [0.15, 0.2) is 91.8 Å².